The van der Waals surface area contributed by atoms with Crippen molar-refractivity contribution in [2.45, 2.75) is 11.1 Å². The van der Waals surface area contributed by atoms with E-state index >= 15 is 0 Å². The van der Waals surface area contributed by atoms with Crippen molar-refractivity contribution >= 4 is 29.1 Å². The number of aromatic nitrogens is 1. The van der Waals surface area contributed by atoms with Crippen molar-refractivity contribution < 1.29 is 0 Å². The molecule has 0 aliphatic heterocycles. The fourth-order valence-electron chi connectivity index (χ4n) is 0.619. The van der Waals surface area contributed by atoms with Crippen LogP contribution in [0.25, 0.3) is 0 Å². The van der Waals surface area contributed by atoms with Gasteiger partial charge in [-0.25, -0.2) is 0 Å². The minimum atomic E-state index is 0.355. The molecular weight excluding hydrogens is 178 g/mol. The summed E-state index contributed by atoms with van der Waals surface area (Å²) < 4.78 is 4.81. The zero-order valence-electron chi connectivity index (χ0n) is 6.00. The molecule has 2 N–H and O–H groups in total. The van der Waals surface area contributed by atoms with Crippen LogP contribution in [0.15, 0.2) is 4.21 Å². The van der Waals surface area contributed by atoms with E-state index < -0.39 is 0 Å². The highest BCUT2D eigenvalue weighted by Gasteiger charge is 2.09. The zero-order valence-corrected chi connectivity index (χ0v) is 7.63. The molecule has 3 nitrogen and oxygen atoms in total. The van der Waals surface area contributed by atoms with Gasteiger partial charge < -0.3 is 5.73 Å². The lowest BCUT2D eigenvalue weighted by molar-refractivity contribution is 1.43. The zero-order chi connectivity index (χ0) is 8.27. The molecule has 0 aliphatic rings. The molecule has 0 spiro atoms. The van der Waals surface area contributed by atoms with Gasteiger partial charge in [0.25, 0.3) is 0 Å². The second-order valence-corrected chi connectivity index (χ2v) is 4.08. The molecule has 1 aromatic rings. The van der Waals surface area contributed by atoms with Crippen LogP contribution in [0.2, 0.25) is 0 Å². The maximum absolute atomic E-state index is 8.64. The molecule has 0 unspecified atom stereocenters. The summed E-state index contributed by atoms with van der Waals surface area (Å²) in [5.74, 6) is 1.30. The second-order valence-electron chi connectivity index (χ2n) is 1.78. The van der Waals surface area contributed by atoms with Gasteiger partial charge in [-0.05, 0) is 17.3 Å². The first kappa shape index (κ1) is 8.37. The maximum atomic E-state index is 8.64. The number of rotatable bonds is 2. The van der Waals surface area contributed by atoms with Crippen LogP contribution in [0.5, 0.6) is 0 Å². The van der Waals surface area contributed by atoms with E-state index in [1.807, 2.05) is 13.0 Å². The van der Waals surface area contributed by atoms with E-state index in [0.717, 1.165) is 9.96 Å². The van der Waals surface area contributed by atoms with Crippen molar-refractivity contribution in [1.82, 2.24) is 4.37 Å². The fourth-order valence-corrected chi connectivity index (χ4v) is 2.37. The fraction of sp³-hybridized carbons (Fsp3) is 0.333. The lowest BCUT2D eigenvalue weighted by Crippen LogP contribution is -1.86. The lowest BCUT2D eigenvalue weighted by Gasteiger charge is -1.89. The first-order chi connectivity index (χ1) is 5.29. The summed E-state index contributed by atoms with van der Waals surface area (Å²) in [6.45, 7) is 2.03. The normalized spacial score (nSPS) is 9.45. The van der Waals surface area contributed by atoms with Crippen LogP contribution in [0, 0.1) is 11.3 Å². The Hall–Kier alpha value is -0.730. The topological polar surface area (TPSA) is 62.7 Å². The Morgan fingerprint density at radius 2 is 2.55 bits per heavy atom. The smallest absolute Gasteiger partial charge is 0.156 e. The number of hydrogen-bond donors (Lipinski definition) is 1. The van der Waals surface area contributed by atoms with Gasteiger partial charge >= 0.3 is 0 Å². The van der Waals surface area contributed by atoms with Crippen molar-refractivity contribution in [1.29, 1.82) is 5.26 Å². The largest absolute Gasteiger partial charge is 0.382 e. The average molecular weight is 185 g/mol. The third-order valence-electron chi connectivity index (χ3n) is 1.07. The highest BCUT2D eigenvalue weighted by molar-refractivity contribution is 8.01. The highest BCUT2D eigenvalue weighted by Crippen LogP contribution is 2.29. The van der Waals surface area contributed by atoms with Crippen LogP contribution in [0.3, 0.4) is 0 Å². The summed E-state index contributed by atoms with van der Waals surface area (Å²) in [5, 5.41) is 8.64. The molecule has 0 radical (unpaired) electrons. The standard InChI is InChI=1S/C6H7N3S2/c1-2-10-6-4(3-7)5(8)9-11-6/h2H2,1H3,(H2,8,9). The minimum Gasteiger partial charge on any atom is -0.382 e. The van der Waals surface area contributed by atoms with Crippen molar-refractivity contribution in [3.8, 4) is 6.07 Å². The summed E-state index contributed by atoms with van der Waals surface area (Å²) in [7, 11) is 0. The molecule has 5 heteroatoms. The molecule has 0 saturated carbocycles. The van der Waals surface area contributed by atoms with Gasteiger partial charge in [0.15, 0.2) is 5.82 Å². The SMILES string of the molecule is CCSc1snc(N)c1C#N. The van der Waals surface area contributed by atoms with Gasteiger partial charge in [0.1, 0.15) is 15.8 Å². The monoisotopic (exact) mass is 185 g/mol. The Bertz CT molecular complexity index is 287. The molecule has 0 fully saturated rings. The molecule has 0 bridgehead atoms. The molecule has 0 amide bonds. The number of thioether (sulfide) groups is 1. The molecule has 0 saturated heterocycles. The van der Waals surface area contributed by atoms with Gasteiger partial charge in [-0.3, -0.25) is 0 Å². The molecule has 1 heterocycles. The summed E-state index contributed by atoms with van der Waals surface area (Å²) in [4.78, 5) is 0. The summed E-state index contributed by atoms with van der Waals surface area (Å²) in [5.41, 5.74) is 5.98. The quantitative estimate of drug-likeness (QED) is 0.712. The first-order valence-corrected chi connectivity index (χ1v) is 4.83. The summed E-state index contributed by atoms with van der Waals surface area (Å²) in [6, 6.07) is 2.03. The first-order valence-electron chi connectivity index (χ1n) is 3.07. The molecule has 11 heavy (non-hydrogen) atoms. The molecular formula is C6H7N3S2. The molecule has 1 aromatic heterocycles. The van der Waals surface area contributed by atoms with Crippen LogP contribution < -0.4 is 5.73 Å². The van der Waals surface area contributed by atoms with Crippen LogP contribution in [0.4, 0.5) is 5.82 Å². The highest BCUT2D eigenvalue weighted by atomic mass is 32.2. The van der Waals surface area contributed by atoms with Crippen molar-refractivity contribution in [3.05, 3.63) is 5.56 Å². The predicted molar refractivity (Wildman–Crippen MR) is 47.6 cm³/mol. The lowest BCUT2D eigenvalue weighted by atomic mass is 10.4. The molecule has 0 aromatic carbocycles. The van der Waals surface area contributed by atoms with Crippen molar-refractivity contribution in [3.63, 3.8) is 0 Å². The molecule has 0 aliphatic carbocycles. The van der Waals surface area contributed by atoms with E-state index in [1.54, 1.807) is 11.8 Å². The van der Waals surface area contributed by atoms with Gasteiger partial charge in [-0.15, -0.1) is 11.8 Å². The number of anilines is 1. The Kier molecular flexibility index (Phi) is 2.74. The number of nitriles is 1. The van der Waals surface area contributed by atoms with E-state index in [-0.39, 0.29) is 0 Å². The second kappa shape index (κ2) is 3.60. The predicted octanol–water partition coefficient (Wildman–Crippen LogP) is 1.71. The van der Waals surface area contributed by atoms with E-state index in [1.165, 1.54) is 11.5 Å². The van der Waals surface area contributed by atoms with Gasteiger partial charge in [0.05, 0.1) is 0 Å². The Balaban J connectivity index is 2.98. The Morgan fingerprint density at radius 3 is 3.09 bits per heavy atom. The van der Waals surface area contributed by atoms with E-state index in [4.69, 9.17) is 11.0 Å². The van der Waals surface area contributed by atoms with Gasteiger partial charge in [-0.2, -0.15) is 9.64 Å². The number of nitrogen functional groups attached to an aromatic ring is 1. The third kappa shape index (κ3) is 1.64. The average Bonchev–Trinajstić information content (AvgIpc) is 2.33. The van der Waals surface area contributed by atoms with Crippen LogP contribution in [-0.4, -0.2) is 10.1 Å². The minimum absolute atomic E-state index is 0.355. The number of hydrogen-bond acceptors (Lipinski definition) is 5. The van der Waals surface area contributed by atoms with Crippen molar-refractivity contribution in [2.75, 3.05) is 11.5 Å². The summed E-state index contributed by atoms with van der Waals surface area (Å²) >= 11 is 2.89. The van der Waals surface area contributed by atoms with Crippen LogP contribution >= 0.6 is 23.3 Å². The summed E-state index contributed by atoms with van der Waals surface area (Å²) in [6.07, 6.45) is 0. The van der Waals surface area contributed by atoms with E-state index in [9.17, 15) is 0 Å². The van der Waals surface area contributed by atoms with Crippen LogP contribution in [0.1, 0.15) is 12.5 Å². The van der Waals surface area contributed by atoms with E-state index in [2.05, 4.69) is 4.37 Å². The van der Waals surface area contributed by atoms with Gasteiger partial charge in [0, 0.05) is 0 Å². The molecule has 58 valence electrons. The van der Waals surface area contributed by atoms with Gasteiger partial charge in [-0.1, -0.05) is 6.92 Å². The Morgan fingerprint density at radius 1 is 1.82 bits per heavy atom. The Labute approximate surface area is 73.4 Å². The van der Waals surface area contributed by atoms with Gasteiger partial charge in [0.2, 0.25) is 0 Å². The number of nitrogens with zero attached hydrogens (tertiary/aromatic N) is 2. The van der Waals surface area contributed by atoms with Crippen LogP contribution in [-0.2, 0) is 0 Å². The molecule has 1 rings (SSSR count). The maximum Gasteiger partial charge on any atom is 0.156 e. The third-order valence-corrected chi connectivity index (χ3v) is 3.06. The molecule has 0 atom stereocenters. The van der Waals surface area contributed by atoms with Crippen molar-refractivity contribution in [2.24, 2.45) is 0 Å². The number of nitrogens with two attached hydrogens (primary N) is 1. The van der Waals surface area contributed by atoms with E-state index in [0.29, 0.717) is 11.4 Å².